The Balaban J connectivity index is 2.34. The predicted octanol–water partition coefficient (Wildman–Crippen LogP) is 2.51. The van der Waals surface area contributed by atoms with Crippen molar-refractivity contribution in [2.45, 2.75) is 25.7 Å². The van der Waals surface area contributed by atoms with Crippen molar-refractivity contribution in [1.82, 2.24) is 9.97 Å². The number of aromatic nitrogens is 2. The summed E-state index contributed by atoms with van der Waals surface area (Å²) in [5.41, 5.74) is 4.99. The fraction of sp³-hybridized carbons (Fsp3) is 0.333. The minimum Gasteiger partial charge on any atom is -0.254 e. The van der Waals surface area contributed by atoms with Gasteiger partial charge in [-0.25, -0.2) is 0 Å². The first-order valence-corrected chi connectivity index (χ1v) is 5.16. The summed E-state index contributed by atoms with van der Waals surface area (Å²) in [6, 6.07) is 3.99. The zero-order valence-corrected chi connectivity index (χ0v) is 8.03. The largest absolute Gasteiger partial charge is 0.254 e. The summed E-state index contributed by atoms with van der Waals surface area (Å²) in [7, 11) is 0. The van der Waals surface area contributed by atoms with Crippen LogP contribution < -0.4 is 0 Å². The van der Waals surface area contributed by atoms with Crippen LogP contribution in [0.15, 0.2) is 24.5 Å². The minimum absolute atomic E-state index is 1.04. The first-order valence-electron chi connectivity index (χ1n) is 5.16. The quantitative estimate of drug-likeness (QED) is 0.628. The number of fused-ring (bicyclic) bond motifs is 3. The molecule has 0 fully saturated rings. The van der Waals surface area contributed by atoms with Gasteiger partial charge in [0.05, 0.1) is 11.0 Å². The van der Waals surface area contributed by atoms with Crippen molar-refractivity contribution < 1.29 is 0 Å². The maximum atomic E-state index is 4.43. The molecule has 0 saturated heterocycles. The summed E-state index contributed by atoms with van der Waals surface area (Å²) in [4.78, 5) is 8.86. The molecule has 2 aromatic rings. The molecule has 0 aromatic carbocycles. The van der Waals surface area contributed by atoms with Crippen LogP contribution in [-0.4, -0.2) is 9.97 Å². The molecule has 14 heavy (non-hydrogen) atoms. The van der Waals surface area contributed by atoms with E-state index in [2.05, 4.69) is 9.97 Å². The molecule has 0 bridgehead atoms. The number of aryl methyl sites for hydroxylation is 2. The Bertz CT molecular complexity index is 477. The summed E-state index contributed by atoms with van der Waals surface area (Å²) < 4.78 is 0. The summed E-state index contributed by atoms with van der Waals surface area (Å²) >= 11 is 0. The van der Waals surface area contributed by atoms with Crippen LogP contribution in [0.1, 0.15) is 24.0 Å². The average molecular weight is 184 g/mol. The highest BCUT2D eigenvalue weighted by molar-refractivity contribution is 5.78. The van der Waals surface area contributed by atoms with Crippen LogP contribution >= 0.6 is 0 Å². The Labute approximate surface area is 83.0 Å². The molecule has 0 unspecified atom stereocenters. The molecule has 0 atom stereocenters. The normalized spacial score (nSPS) is 15.4. The Morgan fingerprint density at radius 3 is 3.00 bits per heavy atom. The number of hydrogen-bond donors (Lipinski definition) is 0. The standard InChI is InChI=1S/C12H12N2/c1-2-5-10-9(4-1)8-14-11-6-3-7-13-12(10)11/h3,6-8H,1-2,4-5H2. The van der Waals surface area contributed by atoms with Crippen molar-refractivity contribution in [1.29, 1.82) is 0 Å². The van der Waals surface area contributed by atoms with E-state index >= 15 is 0 Å². The van der Waals surface area contributed by atoms with Gasteiger partial charge in [0.15, 0.2) is 0 Å². The molecule has 2 nitrogen and oxygen atoms in total. The van der Waals surface area contributed by atoms with Crippen LogP contribution in [0, 0.1) is 0 Å². The number of rotatable bonds is 0. The van der Waals surface area contributed by atoms with Crippen LogP contribution in [0.25, 0.3) is 11.0 Å². The Morgan fingerprint density at radius 2 is 2.00 bits per heavy atom. The third kappa shape index (κ3) is 1.10. The van der Waals surface area contributed by atoms with Crippen molar-refractivity contribution in [2.24, 2.45) is 0 Å². The molecule has 2 heterocycles. The van der Waals surface area contributed by atoms with Crippen LogP contribution in [0.5, 0.6) is 0 Å². The lowest BCUT2D eigenvalue weighted by Gasteiger charge is -2.15. The first-order chi connectivity index (χ1) is 6.95. The Morgan fingerprint density at radius 1 is 1.07 bits per heavy atom. The van der Waals surface area contributed by atoms with Gasteiger partial charge in [0.1, 0.15) is 0 Å². The highest BCUT2D eigenvalue weighted by Gasteiger charge is 2.13. The molecule has 3 rings (SSSR count). The molecule has 1 aliphatic rings. The van der Waals surface area contributed by atoms with E-state index in [0.29, 0.717) is 0 Å². The molecule has 1 aliphatic carbocycles. The molecule has 2 heteroatoms. The van der Waals surface area contributed by atoms with E-state index in [1.807, 2.05) is 24.5 Å². The van der Waals surface area contributed by atoms with Gasteiger partial charge in [-0.15, -0.1) is 0 Å². The Hall–Kier alpha value is -1.44. The van der Waals surface area contributed by atoms with Crippen molar-refractivity contribution >= 4 is 11.0 Å². The topological polar surface area (TPSA) is 25.8 Å². The van der Waals surface area contributed by atoms with Crippen LogP contribution in [0.2, 0.25) is 0 Å². The minimum atomic E-state index is 1.04. The fourth-order valence-electron chi connectivity index (χ4n) is 2.22. The van der Waals surface area contributed by atoms with Crippen LogP contribution in [0.4, 0.5) is 0 Å². The second kappa shape index (κ2) is 3.05. The third-order valence-corrected chi connectivity index (χ3v) is 2.94. The van der Waals surface area contributed by atoms with Gasteiger partial charge in [0.2, 0.25) is 0 Å². The molecule has 0 radical (unpaired) electrons. The van der Waals surface area contributed by atoms with E-state index in [4.69, 9.17) is 0 Å². The van der Waals surface area contributed by atoms with E-state index in [9.17, 15) is 0 Å². The second-order valence-corrected chi connectivity index (χ2v) is 3.84. The summed E-state index contributed by atoms with van der Waals surface area (Å²) in [6.45, 7) is 0. The third-order valence-electron chi connectivity index (χ3n) is 2.94. The van der Waals surface area contributed by atoms with Gasteiger partial charge in [0.25, 0.3) is 0 Å². The molecule has 0 saturated carbocycles. The van der Waals surface area contributed by atoms with E-state index in [0.717, 1.165) is 11.0 Å². The van der Waals surface area contributed by atoms with Crippen LogP contribution in [-0.2, 0) is 12.8 Å². The van der Waals surface area contributed by atoms with Crippen molar-refractivity contribution in [3.63, 3.8) is 0 Å². The lowest BCUT2D eigenvalue weighted by Crippen LogP contribution is -2.04. The number of hydrogen-bond acceptors (Lipinski definition) is 2. The zero-order valence-electron chi connectivity index (χ0n) is 8.03. The monoisotopic (exact) mass is 184 g/mol. The SMILES string of the molecule is c1cnc2c3c(cnc2c1)CCCC3. The van der Waals surface area contributed by atoms with Gasteiger partial charge in [-0.05, 0) is 48.9 Å². The van der Waals surface area contributed by atoms with Crippen LogP contribution in [0.3, 0.4) is 0 Å². The van der Waals surface area contributed by atoms with E-state index in [1.165, 1.54) is 36.8 Å². The molecule has 0 aliphatic heterocycles. The first kappa shape index (κ1) is 7.92. The van der Waals surface area contributed by atoms with E-state index in [1.54, 1.807) is 0 Å². The highest BCUT2D eigenvalue weighted by Crippen LogP contribution is 2.25. The van der Waals surface area contributed by atoms with Crippen molar-refractivity contribution in [2.75, 3.05) is 0 Å². The maximum absolute atomic E-state index is 4.43. The summed E-state index contributed by atoms with van der Waals surface area (Å²) in [5.74, 6) is 0. The fourth-order valence-corrected chi connectivity index (χ4v) is 2.22. The van der Waals surface area contributed by atoms with Crippen molar-refractivity contribution in [3.8, 4) is 0 Å². The average Bonchev–Trinajstić information content (AvgIpc) is 2.29. The lowest BCUT2D eigenvalue weighted by molar-refractivity contribution is 0.686. The van der Waals surface area contributed by atoms with Gasteiger partial charge in [-0.2, -0.15) is 0 Å². The molecule has 0 amide bonds. The molecule has 0 N–H and O–H groups in total. The zero-order chi connectivity index (χ0) is 9.38. The van der Waals surface area contributed by atoms with Gasteiger partial charge in [0, 0.05) is 12.4 Å². The van der Waals surface area contributed by atoms with Gasteiger partial charge >= 0.3 is 0 Å². The second-order valence-electron chi connectivity index (χ2n) is 3.84. The molecular weight excluding hydrogens is 172 g/mol. The maximum Gasteiger partial charge on any atom is 0.0921 e. The highest BCUT2D eigenvalue weighted by atomic mass is 14.7. The summed E-state index contributed by atoms with van der Waals surface area (Å²) in [6.07, 6.45) is 8.83. The van der Waals surface area contributed by atoms with Gasteiger partial charge < -0.3 is 0 Å². The van der Waals surface area contributed by atoms with Gasteiger partial charge in [-0.3, -0.25) is 9.97 Å². The van der Waals surface area contributed by atoms with Gasteiger partial charge in [-0.1, -0.05) is 0 Å². The summed E-state index contributed by atoms with van der Waals surface area (Å²) in [5, 5.41) is 0. The molecule has 0 spiro atoms. The Kier molecular flexibility index (Phi) is 1.72. The number of nitrogens with zero attached hydrogens (tertiary/aromatic N) is 2. The molecule has 70 valence electrons. The number of pyridine rings is 2. The smallest absolute Gasteiger partial charge is 0.0921 e. The van der Waals surface area contributed by atoms with Crippen molar-refractivity contribution in [3.05, 3.63) is 35.7 Å². The molecular formula is C12H12N2. The molecule has 2 aromatic heterocycles. The lowest BCUT2D eigenvalue weighted by atomic mass is 9.92. The van der Waals surface area contributed by atoms with E-state index < -0.39 is 0 Å². The predicted molar refractivity (Wildman–Crippen MR) is 56.2 cm³/mol. The van der Waals surface area contributed by atoms with E-state index in [-0.39, 0.29) is 0 Å².